The summed E-state index contributed by atoms with van der Waals surface area (Å²) in [4.78, 5) is 3.84. The van der Waals surface area contributed by atoms with Gasteiger partial charge in [0.2, 0.25) is 10.0 Å². The monoisotopic (exact) mass is 355 g/mol. The second-order valence-corrected chi connectivity index (χ2v) is 7.21. The second-order valence-electron chi connectivity index (χ2n) is 4.28. The molecule has 0 aliphatic carbocycles. The summed E-state index contributed by atoms with van der Waals surface area (Å²) in [6.07, 6.45) is 1.46. The van der Waals surface area contributed by atoms with Gasteiger partial charge in [-0.1, -0.05) is 28.1 Å². The van der Waals surface area contributed by atoms with E-state index in [-0.39, 0.29) is 17.3 Å². The van der Waals surface area contributed by atoms with Crippen LogP contribution in [-0.2, 0) is 16.6 Å². The quantitative estimate of drug-likeness (QED) is 0.912. The lowest BCUT2D eigenvalue weighted by atomic mass is 10.2. The third-order valence-electron chi connectivity index (χ3n) is 2.78. The Morgan fingerprint density at radius 2 is 2.05 bits per heavy atom. The minimum Gasteiger partial charge on any atom is -0.383 e. The van der Waals surface area contributed by atoms with E-state index in [2.05, 4.69) is 20.9 Å². The summed E-state index contributed by atoms with van der Waals surface area (Å²) in [5.74, 6) is 0.00796. The summed E-state index contributed by atoms with van der Waals surface area (Å²) >= 11 is 3.36. The van der Waals surface area contributed by atoms with Crippen molar-refractivity contribution in [2.45, 2.75) is 11.4 Å². The lowest BCUT2D eigenvalue weighted by molar-refractivity contribution is 0.467. The van der Waals surface area contributed by atoms with Crippen molar-refractivity contribution in [3.8, 4) is 0 Å². The predicted octanol–water partition coefficient (Wildman–Crippen LogP) is 2.25. The van der Waals surface area contributed by atoms with E-state index in [4.69, 9.17) is 5.73 Å². The Kier molecular flexibility index (Phi) is 4.42. The molecule has 2 rings (SSSR count). The van der Waals surface area contributed by atoms with Crippen LogP contribution in [0.4, 0.5) is 5.82 Å². The second kappa shape index (κ2) is 5.90. The lowest BCUT2D eigenvalue weighted by Crippen LogP contribution is -2.27. The summed E-state index contributed by atoms with van der Waals surface area (Å²) in [6.45, 7) is 0.260. The van der Waals surface area contributed by atoms with E-state index in [0.29, 0.717) is 0 Å². The van der Waals surface area contributed by atoms with Gasteiger partial charge in [0.05, 0.1) is 0 Å². The van der Waals surface area contributed by atoms with Crippen LogP contribution in [0, 0.1) is 0 Å². The molecule has 0 saturated carbocycles. The maximum absolute atomic E-state index is 12.4. The molecule has 0 radical (unpaired) electrons. The molecule has 7 heteroatoms. The first-order chi connectivity index (χ1) is 9.41. The van der Waals surface area contributed by atoms with Gasteiger partial charge in [-0.2, -0.15) is 4.31 Å². The molecule has 5 nitrogen and oxygen atoms in total. The number of hydrogen-bond donors (Lipinski definition) is 1. The highest BCUT2D eigenvalue weighted by Gasteiger charge is 2.23. The first kappa shape index (κ1) is 15.0. The third kappa shape index (κ3) is 3.17. The first-order valence-corrected chi connectivity index (χ1v) is 8.06. The number of nitrogen functional groups attached to an aromatic ring is 1. The van der Waals surface area contributed by atoms with Crippen molar-refractivity contribution in [2.75, 3.05) is 12.8 Å². The van der Waals surface area contributed by atoms with Crippen LogP contribution in [0.25, 0.3) is 0 Å². The van der Waals surface area contributed by atoms with E-state index in [9.17, 15) is 8.42 Å². The normalized spacial score (nSPS) is 11.8. The fourth-order valence-corrected chi connectivity index (χ4v) is 3.44. The molecular formula is C13H14BrN3O2S. The minimum absolute atomic E-state index is 0.00796. The number of anilines is 1. The molecule has 106 valence electrons. The van der Waals surface area contributed by atoms with Gasteiger partial charge in [0.25, 0.3) is 0 Å². The van der Waals surface area contributed by atoms with Crippen LogP contribution < -0.4 is 5.73 Å². The Bertz CT molecular complexity index is 719. The van der Waals surface area contributed by atoms with E-state index >= 15 is 0 Å². The summed E-state index contributed by atoms with van der Waals surface area (Å²) in [5.41, 5.74) is 6.52. The van der Waals surface area contributed by atoms with Gasteiger partial charge >= 0.3 is 0 Å². The molecule has 0 aliphatic rings. The number of sulfonamides is 1. The highest BCUT2D eigenvalue weighted by atomic mass is 79.9. The van der Waals surface area contributed by atoms with E-state index in [0.717, 1.165) is 10.0 Å². The Balaban J connectivity index is 2.29. The molecule has 0 bridgehead atoms. The molecule has 0 saturated heterocycles. The molecule has 0 spiro atoms. The van der Waals surface area contributed by atoms with Crippen molar-refractivity contribution < 1.29 is 8.42 Å². The average molecular weight is 356 g/mol. The standard InChI is InChI=1S/C13H14BrN3O2S/c1-17(9-10-4-2-5-11(14)8-10)20(18,19)12-6-3-7-16-13(12)15/h2-8H,9H2,1H3,(H2,15,16). The van der Waals surface area contributed by atoms with Gasteiger partial charge in [-0.25, -0.2) is 13.4 Å². The maximum atomic E-state index is 12.4. The lowest BCUT2D eigenvalue weighted by Gasteiger charge is -2.18. The van der Waals surface area contributed by atoms with Crippen molar-refractivity contribution in [2.24, 2.45) is 0 Å². The van der Waals surface area contributed by atoms with Gasteiger partial charge in [0.15, 0.2) is 0 Å². The number of halogens is 1. The number of pyridine rings is 1. The van der Waals surface area contributed by atoms with E-state index in [1.807, 2.05) is 24.3 Å². The summed E-state index contributed by atoms with van der Waals surface area (Å²) in [6, 6.07) is 10.5. The zero-order valence-electron chi connectivity index (χ0n) is 10.8. The Hall–Kier alpha value is -1.44. The molecule has 0 fully saturated rings. The summed E-state index contributed by atoms with van der Waals surface area (Å²) in [5, 5.41) is 0. The third-order valence-corrected chi connectivity index (χ3v) is 5.13. The number of rotatable bonds is 4. The summed E-state index contributed by atoms with van der Waals surface area (Å²) in [7, 11) is -2.13. The zero-order valence-corrected chi connectivity index (χ0v) is 13.2. The topological polar surface area (TPSA) is 76.3 Å². The number of benzene rings is 1. The first-order valence-electron chi connectivity index (χ1n) is 5.82. The van der Waals surface area contributed by atoms with Crippen molar-refractivity contribution in [1.29, 1.82) is 0 Å². The van der Waals surface area contributed by atoms with Crippen molar-refractivity contribution >= 4 is 31.8 Å². The van der Waals surface area contributed by atoms with Gasteiger partial charge in [0, 0.05) is 24.3 Å². The number of nitrogens with two attached hydrogens (primary N) is 1. The Morgan fingerprint density at radius 3 is 2.70 bits per heavy atom. The van der Waals surface area contributed by atoms with E-state index < -0.39 is 10.0 Å². The van der Waals surface area contributed by atoms with Crippen LogP contribution in [0.5, 0.6) is 0 Å². The van der Waals surface area contributed by atoms with Crippen LogP contribution in [0.2, 0.25) is 0 Å². The van der Waals surface area contributed by atoms with Crippen LogP contribution in [0.3, 0.4) is 0 Å². The van der Waals surface area contributed by atoms with Crippen LogP contribution >= 0.6 is 15.9 Å². The minimum atomic E-state index is -3.65. The van der Waals surface area contributed by atoms with E-state index in [1.165, 1.54) is 23.6 Å². The highest BCUT2D eigenvalue weighted by molar-refractivity contribution is 9.10. The largest absolute Gasteiger partial charge is 0.383 e. The van der Waals surface area contributed by atoms with Crippen molar-refractivity contribution in [3.05, 3.63) is 52.6 Å². The SMILES string of the molecule is CN(Cc1cccc(Br)c1)S(=O)(=O)c1cccnc1N. The van der Waals surface area contributed by atoms with Crippen molar-refractivity contribution in [3.63, 3.8) is 0 Å². The van der Waals surface area contributed by atoms with Gasteiger partial charge < -0.3 is 5.73 Å². The predicted molar refractivity (Wildman–Crippen MR) is 81.4 cm³/mol. The molecule has 1 heterocycles. The van der Waals surface area contributed by atoms with Crippen LogP contribution in [0.1, 0.15) is 5.56 Å². The molecule has 0 aliphatic heterocycles. The average Bonchev–Trinajstić information content (AvgIpc) is 2.39. The molecule has 0 amide bonds. The summed E-state index contributed by atoms with van der Waals surface area (Å²) < 4.78 is 27.0. The molecule has 1 aromatic carbocycles. The fraction of sp³-hybridized carbons (Fsp3) is 0.154. The van der Waals surface area contributed by atoms with Gasteiger partial charge in [0.1, 0.15) is 10.7 Å². The van der Waals surface area contributed by atoms with E-state index in [1.54, 1.807) is 6.07 Å². The molecular weight excluding hydrogens is 342 g/mol. The molecule has 1 aromatic heterocycles. The number of nitrogens with zero attached hydrogens (tertiary/aromatic N) is 2. The maximum Gasteiger partial charge on any atom is 0.246 e. The Labute approximate surface area is 126 Å². The van der Waals surface area contributed by atoms with Gasteiger partial charge in [-0.05, 0) is 29.8 Å². The zero-order chi connectivity index (χ0) is 14.8. The number of hydrogen-bond acceptors (Lipinski definition) is 4. The van der Waals surface area contributed by atoms with Crippen LogP contribution in [0.15, 0.2) is 52.0 Å². The molecule has 2 N–H and O–H groups in total. The fourth-order valence-electron chi connectivity index (χ4n) is 1.77. The molecule has 20 heavy (non-hydrogen) atoms. The molecule has 0 unspecified atom stereocenters. The van der Waals surface area contributed by atoms with Crippen molar-refractivity contribution in [1.82, 2.24) is 9.29 Å². The Morgan fingerprint density at radius 1 is 1.30 bits per heavy atom. The van der Waals surface area contributed by atoms with Gasteiger partial charge in [-0.3, -0.25) is 0 Å². The molecule has 2 aromatic rings. The van der Waals surface area contributed by atoms with Crippen LogP contribution in [-0.4, -0.2) is 24.8 Å². The van der Waals surface area contributed by atoms with Gasteiger partial charge in [-0.15, -0.1) is 0 Å². The molecule has 0 atom stereocenters. The smallest absolute Gasteiger partial charge is 0.246 e. The highest BCUT2D eigenvalue weighted by Crippen LogP contribution is 2.21. The number of aromatic nitrogens is 1.